The van der Waals surface area contributed by atoms with Crippen LogP contribution >= 0.6 is 12.4 Å². The summed E-state index contributed by atoms with van der Waals surface area (Å²) in [5, 5.41) is 7.11. The molecule has 1 aromatic heterocycles. The van der Waals surface area contributed by atoms with Crippen LogP contribution in [0, 0.1) is 0 Å². The molecule has 7 nitrogen and oxygen atoms in total. The molecule has 2 aliphatic rings. The van der Waals surface area contributed by atoms with E-state index >= 15 is 0 Å². The smallest absolute Gasteiger partial charge is 0.328 e. The molecule has 2 aromatic rings. The average Bonchev–Trinajstić information content (AvgIpc) is 2.93. The van der Waals surface area contributed by atoms with Crippen molar-refractivity contribution in [3.05, 3.63) is 45.1 Å². The quantitative estimate of drug-likeness (QED) is 0.736. The number of nitrogens with one attached hydrogen (secondary N) is 3. The fourth-order valence-corrected chi connectivity index (χ4v) is 4.15. The van der Waals surface area contributed by atoms with Gasteiger partial charge in [-0.25, -0.2) is 4.79 Å². The summed E-state index contributed by atoms with van der Waals surface area (Å²) in [5.41, 5.74) is -0.313. The molecule has 1 aromatic carbocycles. The maximum absolute atomic E-state index is 12.3. The van der Waals surface area contributed by atoms with Crippen LogP contribution in [0.15, 0.2) is 33.9 Å². The lowest BCUT2D eigenvalue weighted by Gasteiger charge is -2.29. The van der Waals surface area contributed by atoms with Crippen molar-refractivity contribution in [3.63, 3.8) is 0 Å². The molecular weight excluding hydrogens is 356 g/mol. The van der Waals surface area contributed by atoms with E-state index in [1.54, 1.807) is 24.3 Å². The van der Waals surface area contributed by atoms with Crippen LogP contribution in [-0.2, 0) is 11.3 Å². The van der Waals surface area contributed by atoms with E-state index in [0.29, 0.717) is 23.0 Å². The number of hydrogen-bond acceptors (Lipinski definition) is 4. The largest absolute Gasteiger partial charge is 0.353 e. The third-order valence-corrected chi connectivity index (χ3v) is 5.31. The number of para-hydroxylation sites is 1. The van der Waals surface area contributed by atoms with Gasteiger partial charge in [0.1, 0.15) is 0 Å². The fourth-order valence-electron chi connectivity index (χ4n) is 4.15. The van der Waals surface area contributed by atoms with Crippen molar-refractivity contribution in [2.45, 2.75) is 56.8 Å². The van der Waals surface area contributed by atoms with Gasteiger partial charge < -0.3 is 10.6 Å². The van der Waals surface area contributed by atoms with E-state index in [0.717, 1.165) is 12.8 Å². The van der Waals surface area contributed by atoms with E-state index in [-0.39, 0.29) is 37.3 Å². The summed E-state index contributed by atoms with van der Waals surface area (Å²) in [6.07, 6.45) is 4.55. The number of amides is 1. The molecule has 1 amide bonds. The highest BCUT2D eigenvalue weighted by molar-refractivity contribution is 5.85. The van der Waals surface area contributed by atoms with Crippen molar-refractivity contribution in [1.29, 1.82) is 0 Å². The summed E-state index contributed by atoms with van der Waals surface area (Å²) < 4.78 is 1.46. The number of fused-ring (bicyclic) bond motifs is 3. The first kappa shape index (κ1) is 18.7. The standard InChI is InChI=1S/C18H22N4O3.ClH/c23-16(20-13-9-11-5-6-12(10-13)19-11)7-8-22-15-4-2-1-3-14(15)17(24)21-18(22)25;/h1-4,11-13,19H,5-10H2,(H,20,23)(H,21,24,25);1H. The van der Waals surface area contributed by atoms with Crippen LogP contribution in [0.1, 0.15) is 32.1 Å². The second kappa shape index (κ2) is 7.63. The SMILES string of the molecule is Cl.O=C(CCn1c(=O)[nH]c(=O)c2ccccc21)NC1CC2CCC(C1)N2. The van der Waals surface area contributed by atoms with E-state index in [1.807, 2.05) is 0 Å². The molecule has 2 aliphatic heterocycles. The Morgan fingerprint density at radius 1 is 1.15 bits per heavy atom. The molecule has 140 valence electrons. The highest BCUT2D eigenvalue weighted by Gasteiger charge is 2.33. The molecule has 4 rings (SSSR count). The Kier molecular flexibility index (Phi) is 5.48. The number of halogens is 1. The second-order valence-corrected chi connectivity index (χ2v) is 7.05. The summed E-state index contributed by atoms with van der Waals surface area (Å²) in [6, 6.07) is 8.20. The van der Waals surface area contributed by atoms with Gasteiger partial charge in [-0.05, 0) is 37.8 Å². The van der Waals surface area contributed by atoms with Gasteiger partial charge in [-0.3, -0.25) is 19.1 Å². The van der Waals surface area contributed by atoms with Crippen molar-refractivity contribution in [2.75, 3.05) is 0 Å². The van der Waals surface area contributed by atoms with Gasteiger partial charge in [-0.1, -0.05) is 12.1 Å². The van der Waals surface area contributed by atoms with Crippen molar-refractivity contribution < 1.29 is 4.79 Å². The molecule has 2 atom stereocenters. The number of nitrogens with zero attached hydrogens (tertiary/aromatic N) is 1. The first-order valence-electron chi connectivity index (χ1n) is 8.87. The van der Waals surface area contributed by atoms with E-state index in [4.69, 9.17) is 0 Å². The first-order chi connectivity index (χ1) is 12.1. The number of carbonyl (C=O) groups is 1. The van der Waals surface area contributed by atoms with Gasteiger partial charge in [0.05, 0.1) is 10.9 Å². The Morgan fingerprint density at radius 2 is 1.85 bits per heavy atom. The Balaban J connectivity index is 0.00000196. The van der Waals surface area contributed by atoms with E-state index in [9.17, 15) is 14.4 Å². The Labute approximate surface area is 156 Å². The molecule has 0 saturated carbocycles. The Morgan fingerprint density at radius 3 is 2.58 bits per heavy atom. The van der Waals surface area contributed by atoms with Crippen molar-refractivity contribution in [3.8, 4) is 0 Å². The summed E-state index contributed by atoms with van der Waals surface area (Å²) >= 11 is 0. The molecule has 26 heavy (non-hydrogen) atoms. The lowest BCUT2D eigenvalue weighted by molar-refractivity contribution is -0.122. The molecule has 3 N–H and O–H groups in total. The number of carbonyl (C=O) groups excluding carboxylic acids is 1. The number of H-pyrrole nitrogens is 1. The molecule has 8 heteroatoms. The van der Waals surface area contributed by atoms with Crippen LogP contribution in [0.2, 0.25) is 0 Å². The molecule has 3 heterocycles. The van der Waals surface area contributed by atoms with Crippen LogP contribution < -0.4 is 21.9 Å². The summed E-state index contributed by atoms with van der Waals surface area (Å²) in [6.45, 7) is 0.250. The minimum Gasteiger partial charge on any atom is -0.353 e. The van der Waals surface area contributed by atoms with Crippen LogP contribution in [0.4, 0.5) is 0 Å². The van der Waals surface area contributed by atoms with Crippen molar-refractivity contribution in [2.24, 2.45) is 0 Å². The zero-order valence-corrected chi connectivity index (χ0v) is 15.2. The fraction of sp³-hybridized carbons (Fsp3) is 0.500. The number of benzene rings is 1. The predicted octanol–water partition coefficient (Wildman–Crippen LogP) is 0.901. The van der Waals surface area contributed by atoms with Crippen LogP contribution in [-0.4, -0.2) is 33.6 Å². The zero-order valence-electron chi connectivity index (χ0n) is 14.4. The first-order valence-corrected chi connectivity index (χ1v) is 8.87. The number of rotatable bonds is 4. The number of hydrogen-bond donors (Lipinski definition) is 3. The van der Waals surface area contributed by atoms with E-state index in [2.05, 4.69) is 15.6 Å². The third kappa shape index (κ3) is 3.68. The third-order valence-electron chi connectivity index (χ3n) is 5.31. The van der Waals surface area contributed by atoms with Crippen LogP contribution in [0.25, 0.3) is 10.9 Å². The van der Waals surface area contributed by atoms with Crippen LogP contribution in [0.5, 0.6) is 0 Å². The van der Waals surface area contributed by atoms with Crippen molar-refractivity contribution in [1.82, 2.24) is 20.2 Å². The van der Waals surface area contributed by atoms with Gasteiger partial charge in [0, 0.05) is 31.1 Å². The van der Waals surface area contributed by atoms with Gasteiger partial charge in [0.2, 0.25) is 5.91 Å². The lowest BCUT2D eigenvalue weighted by Crippen LogP contribution is -2.48. The highest BCUT2D eigenvalue weighted by atomic mass is 35.5. The van der Waals surface area contributed by atoms with Gasteiger partial charge in [-0.2, -0.15) is 0 Å². The van der Waals surface area contributed by atoms with Crippen LogP contribution in [0.3, 0.4) is 0 Å². The maximum atomic E-state index is 12.3. The van der Waals surface area contributed by atoms with Gasteiger partial charge in [-0.15, -0.1) is 12.4 Å². The minimum atomic E-state index is -0.476. The summed E-state index contributed by atoms with van der Waals surface area (Å²) in [4.78, 5) is 38.6. The molecular formula is C18H23ClN4O3. The lowest BCUT2D eigenvalue weighted by atomic mass is 10.00. The van der Waals surface area contributed by atoms with Gasteiger partial charge in [0.15, 0.2) is 0 Å². The normalized spacial score (nSPS) is 24.2. The molecule has 2 saturated heterocycles. The highest BCUT2D eigenvalue weighted by Crippen LogP contribution is 2.26. The zero-order chi connectivity index (χ0) is 17.4. The molecule has 2 fully saturated rings. The number of piperidine rings is 1. The molecule has 0 spiro atoms. The monoisotopic (exact) mass is 378 g/mol. The Hall–Kier alpha value is -2.12. The number of aromatic nitrogens is 2. The van der Waals surface area contributed by atoms with Gasteiger partial charge in [0.25, 0.3) is 5.56 Å². The predicted molar refractivity (Wildman–Crippen MR) is 102 cm³/mol. The molecule has 2 unspecified atom stereocenters. The summed E-state index contributed by atoms with van der Waals surface area (Å²) in [5.74, 6) is -0.0477. The summed E-state index contributed by atoms with van der Waals surface area (Å²) in [7, 11) is 0. The Bertz CT molecular complexity index is 911. The minimum absolute atomic E-state index is 0. The van der Waals surface area contributed by atoms with E-state index in [1.165, 1.54) is 17.4 Å². The van der Waals surface area contributed by atoms with E-state index < -0.39 is 11.2 Å². The molecule has 0 aliphatic carbocycles. The van der Waals surface area contributed by atoms with Gasteiger partial charge >= 0.3 is 5.69 Å². The topological polar surface area (TPSA) is 96.0 Å². The molecule has 0 radical (unpaired) electrons. The second-order valence-electron chi connectivity index (χ2n) is 7.05. The van der Waals surface area contributed by atoms with Crippen molar-refractivity contribution >= 4 is 29.2 Å². The maximum Gasteiger partial charge on any atom is 0.328 e. The number of aromatic amines is 1. The number of aryl methyl sites for hydroxylation is 1. The average molecular weight is 379 g/mol. The molecule has 2 bridgehead atoms.